The first-order valence-corrected chi connectivity index (χ1v) is 4.73. The Morgan fingerprint density at radius 1 is 1.17 bits per heavy atom. The summed E-state index contributed by atoms with van der Waals surface area (Å²) in [6.07, 6.45) is 1.41. The monoisotopic (exact) mass is 179 g/mol. The lowest BCUT2D eigenvalue weighted by molar-refractivity contribution is 0.0936. The third-order valence-corrected chi connectivity index (χ3v) is 1.89. The van der Waals surface area contributed by atoms with Gasteiger partial charge in [0, 0.05) is 0 Å². The van der Waals surface area contributed by atoms with Crippen LogP contribution in [0.2, 0.25) is 0 Å². The number of nitrogens with one attached hydrogen (secondary N) is 1. The van der Waals surface area contributed by atoms with Crippen molar-refractivity contribution >= 4 is 0 Å². The van der Waals surface area contributed by atoms with E-state index in [2.05, 4.69) is 12.2 Å². The van der Waals surface area contributed by atoms with Crippen LogP contribution in [0.4, 0.5) is 8.78 Å². The molecule has 0 bridgehead atoms. The van der Waals surface area contributed by atoms with E-state index >= 15 is 0 Å². The number of alkyl halides is 2. The topological polar surface area (TPSA) is 12.0 Å². The quantitative estimate of drug-likeness (QED) is 0.592. The lowest BCUT2D eigenvalue weighted by Crippen LogP contribution is -2.35. The van der Waals surface area contributed by atoms with Crippen molar-refractivity contribution in [1.82, 2.24) is 5.32 Å². The van der Waals surface area contributed by atoms with Gasteiger partial charge in [0.25, 0.3) is 6.43 Å². The van der Waals surface area contributed by atoms with Gasteiger partial charge in [-0.1, -0.05) is 33.1 Å². The van der Waals surface area contributed by atoms with Gasteiger partial charge in [-0.2, -0.15) is 0 Å². The molecule has 0 aromatic heterocycles. The van der Waals surface area contributed by atoms with Gasteiger partial charge < -0.3 is 5.32 Å². The zero-order valence-electron chi connectivity index (χ0n) is 7.95. The van der Waals surface area contributed by atoms with Gasteiger partial charge in [-0.3, -0.25) is 0 Å². The van der Waals surface area contributed by atoms with Crippen molar-refractivity contribution in [2.24, 2.45) is 0 Å². The Kier molecular flexibility index (Phi) is 7.36. The summed E-state index contributed by atoms with van der Waals surface area (Å²) < 4.78 is 24.5. The van der Waals surface area contributed by atoms with E-state index in [9.17, 15) is 8.78 Å². The Hall–Kier alpha value is -0.180. The van der Waals surface area contributed by atoms with E-state index in [0.717, 1.165) is 19.3 Å². The Morgan fingerprint density at radius 3 is 2.25 bits per heavy atom. The molecule has 0 spiro atoms. The average Bonchev–Trinajstić information content (AvgIpc) is 2.03. The van der Waals surface area contributed by atoms with Crippen molar-refractivity contribution in [2.45, 2.75) is 52.0 Å². The van der Waals surface area contributed by atoms with Crippen molar-refractivity contribution in [1.29, 1.82) is 0 Å². The van der Waals surface area contributed by atoms with Crippen LogP contribution < -0.4 is 5.32 Å². The van der Waals surface area contributed by atoms with Gasteiger partial charge in [-0.15, -0.1) is 0 Å². The molecule has 0 heterocycles. The van der Waals surface area contributed by atoms with Crippen molar-refractivity contribution < 1.29 is 8.78 Å². The van der Waals surface area contributed by atoms with E-state index in [1.54, 1.807) is 0 Å². The minimum atomic E-state index is -2.22. The first-order valence-electron chi connectivity index (χ1n) is 4.73. The first kappa shape index (κ1) is 11.8. The molecule has 1 nitrogen and oxygen atoms in total. The van der Waals surface area contributed by atoms with Gasteiger partial charge in [0.1, 0.15) is 0 Å². The van der Waals surface area contributed by atoms with E-state index in [-0.39, 0.29) is 0 Å². The second-order valence-corrected chi connectivity index (χ2v) is 2.99. The predicted molar refractivity (Wildman–Crippen MR) is 47.6 cm³/mol. The zero-order chi connectivity index (χ0) is 9.40. The molecule has 0 aromatic carbocycles. The summed E-state index contributed by atoms with van der Waals surface area (Å²) in [5.41, 5.74) is 0. The maximum Gasteiger partial charge on any atom is 0.253 e. The van der Waals surface area contributed by atoms with Crippen LogP contribution >= 0.6 is 0 Å². The van der Waals surface area contributed by atoms with E-state index < -0.39 is 12.5 Å². The minimum absolute atomic E-state index is 0.596. The molecule has 0 amide bonds. The molecule has 1 unspecified atom stereocenters. The molecule has 0 aliphatic rings. The van der Waals surface area contributed by atoms with Crippen LogP contribution in [0.15, 0.2) is 0 Å². The van der Waals surface area contributed by atoms with Crippen LogP contribution in [0.3, 0.4) is 0 Å². The average molecular weight is 179 g/mol. The largest absolute Gasteiger partial charge is 0.309 e. The molecule has 0 radical (unpaired) electrons. The van der Waals surface area contributed by atoms with Crippen molar-refractivity contribution in [3.05, 3.63) is 0 Å². The summed E-state index contributed by atoms with van der Waals surface area (Å²) in [5.74, 6) is 0. The van der Waals surface area contributed by atoms with Crippen LogP contribution in [-0.2, 0) is 0 Å². The van der Waals surface area contributed by atoms with Gasteiger partial charge in [-0.25, -0.2) is 8.78 Å². The van der Waals surface area contributed by atoms with Crippen LogP contribution in [-0.4, -0.2) is 19.0 Å². The standard InChI is InChI=1S/C9H19F2N/c1-3-5-6-7-8(9(10)11)12-4-2/h8-9,12H,3-7H2,1-2H3. The molecule has 74 valence electrons. The number of hydrogen-bond donors (Lipinski definition) is 1. The number of unbranched alkanes of at least 4 members (excludes halogenated alkanes) is 2. The van der Waals surface area contributed by atoms with E-state index in [1.165, 1.54) is 0 Å². The van der Waals surface area contributed by atoms with Crippen LogP contribution in [0.1, 0.15) is 39.5 Å². The van der Waals surface area contributed by atoms with Crippen molar-refractivity contribution in [2.75, 3.05) is 6.54 Å². The highest BCUT2D eigenvalue weighted by molar-refractivity contribution is 4.68. The van der Waals surface area contributed by atoms with E-state index in [1.807, 2.05) is 6.92 Å². The summed E-state index contributed by atoms with van der Waals surface area (Å²) >= 11 is 0. The zero-order valence-corrected chi connectivity index (χ0v) is 7.95. The first-order chi connectivity index (χ1) is 5.72. The summed E-state index contributed by atoms with van der Waals surface area (Å²) in [5, 5.41) is 2.79. The Labute approximate surface area is 73.5 Å². The highest BCUT2D eigenvalue weighted by Gasteiger charge is 2.17. The van der Waals surface area contributed by atoms with Gasteiger partial charge in [0.15, 0.2) is 0 Å². The lowest BCUT2D eigenvalue weighted by atomic mass is 10.1. The molecule has 0 saturated heterocycles. The number of rotatable bonds is 7. The number of hydrogen-bond acceptors (Lipinski definition) is 1. The van der Waals surface area contributed by atoms with Crippen LogP contribution in [0, 0.1) is 0 Å². The molecule has 0 rings (SSSR count). The summed E-state index contributed by atoms with van der Waals surface area (Å²) in [7, 11) is 0. The third kappa shape index (κ3) is 5.47. The lowest BCUT2D eigenvalue weighted by Gasteiger charge is -2.16. The highest BCUT2D eigenvalue weighted by Crippen LogP contribution is 2.10. The maximum absolute atomic E-state index is 12.3. The molecule has 12 heavy (non-hydrogen) atoms. The summed E-state index contributed by atoms with van der Waals surface area (Å²) in [6, 6.07) is -0.596. The summed E-state index contributed by atoms with van der Waals surface area (Å²) in [6.45, 7) is 4.56. The molecule has 0 fully saturated rings. The molecule has 1 atom stereocenters. The van der Waals surface area contributed by atoms with E-state index in [4.69, 9.17) is 0 Å². The smallest absolute Gasteiger partial charge is 0.253 e. The third-order valence-electron chi connectivity index (χ3n) is 1.89. The Morgan fingerprint density at radius 2 is 1.83 bits per heavy atom. The second kappa shape index (κ2) is 7.47. The molecule has 1 N–H and O–H groups in total. The van der Waals surface area contributed by atoms with Crippen molar-refractivity contribution in [3.8, 4) is 0 Å². The van der Waals surface area contributed by atoms with Gasteiger partial charge in [0.2, 0.25) is 0 Å². The van der Waals surface area contributed by atoms with Crippen LogP contribution in [0.5, 0.6) is 0 Å². The second-order valence-electron chi connectivity index (χ2n) is 2.99. The molecule has 3 heteroatoms. The minimum Gasteiger partial charge on any atom is -0.309 e. The van der Waals surface area contributed by atoms with Gasteiger partial charge in [-0.05, 0) is 13.0 Å². The Bertz CT molecular complexity index is 96.5. The molecular formula is C9H19F2N. The van der Waals surface area contributed by atoms with Crippen LogP contribution in [0.25, 0.3) is 0 Å². The fourth-order valence-electron chi connectivity index (χ4n) is 1.19. The fraction of sp³-hybridized carbons (Fsp3) is 1.00. The molecule has 0 aromatic rings. The fourth-order valence-corrected chi connectivity index (χ4v) is 1.19. The SMILES string of the molecule is CCCCCC(NCC)C(F)F. The molecule has 0 aliphatic carbocycles. The summed E-state index contributed by atoms with van der Waals surface area (Å²) in [4.78, 5) is 0. The number of halogens is 2. The molecular weight excluding hydrogens is 160 g/mol. The van der Waals surface area contributed by atoms with E-state index in [0.29, 0.717) is 13.0 Å². The molecule has 0 saturated carbocycles. The van der Waals surface area contributed by atoms with Gasteiger partial charge >= 0.3 is 0 Å². The Balaban J connectivity index is 3.49. The van der Waals surface area contributed by atoms with Crippen molar-refractivity contribution in [3.63, 3.8) is 0 Å². The van der Waals surface area contributed by atoms with Gasteiger partial charge in [0.05, 0.1) is 6.04 Å². The maximum atomic E-state index is 12.3. The molecule has 0 aliphatic heterocycles. The predicted octanol–water partition coefficient (Wildman–Crippen LogP) is 2.81. The normalized spacial score (nSPS) is 13.8. The highest BCUT2D eigenvalue weighted by atomic mass is 19.3.